The fraction of sp³-hybridized carbons (Fsp3) is 0.133. The van der Waals surface area contributed by atoms with E-state index in [1.54, 1.807) is 6.08 Å². The monoisotopic (exact) mass is 242 g/mol. The fourth-order valence-corrected chi connectivity index (χ4v) is 2.32. The summed E-state index contributed by atoms with van der Waals surface area (Å²) < 4.78 is 0. The van der Waals surface area contributed by atoms with Crippen LogP contribution in [0.4, 0.5) is 0 Å². The van der Waals surface area contributed by atoms with Gasteiger partial charge in [-0.25, -0.2) is 0 Å². The number of aryl methyl sites for hydroxylation is 2. The Morgan fingerprint density at radius 3 is 2.71 bits per heavy atom. The van der Waals surface area contributed by atoms with Crippen molar-refractivity contribution >= 4 is 23.2 Å². The Morgan fingerprint density at radius 1 is 1.24 bits per heavy atom. The second kappa shape index (κ2) is 5.11. The van der Waals surface area contributed by atoms with Crippen LogP contribution in [0.1, 0.15) is 26.4 Å². The number of carbonyl (C=O) groups excluding carboxylic acids is 1. The third kappa shape index (κ3) is 2.92. The maximum atomic E-state index is 11.8. The van der Waals surface area contributed by atoms with E-state index in [4.69, 9.17) is 0 Å². The molecule has 86 valence electrons. The molecule has 17 heavy (non-hydrogen) atoms. The fourth-order valence-electron chi connectivity index (χ4n) is 1.68. The topological polar surface area (TPSA) is 17.1 Å². The summed E-state index contributed by atoms with van der Waals surface area (Å²) in [5.74, 6) is 0.0694. The Hall–Kier alpha value is -1.67. The zero-order chi connectivity index (χ0) is 12.3. The highest BCUT2D eigenvalue weighted by Crippen LogP contribution is 2.14. The molecule has 0 fully saturated rings. The summed E-state index contributed by atoms with van der Waals surface area (Å²) >= 11 is 1.47. The number of rotatable bonds is 3. The highest BCUT2D eigenvalue weighted by Gasteiger charge is 2.02. The van der Waals surface area contributed by atoms with Crippen molar-refractivity contribution in [2.75, 3.05) is 0 Å². The Bertz CT molecular complexity index is 550. The normalized spacial score (nSPS) is 10.9. The molecular formula is C15H14OS. The third-order valence-electron chi connectivity index (χ3n) is 2.60. The van der Waals surface area contributed by atoms with Gasteiger partial charge >= 0.3 is 0 Å². The molecule has 1 aromatic heterocycles. The molecular weight excluding hydrogens is 228 g/mol. The van der Waals surface area contributed by atoms with Crippen LogP contribution in [0.3, 0.4) is 0 Å². The van der Waals surface area contributed by atoms with Crippen molar-refractivity contribution < 1.29 is 4.79 Å². The zero-order valence-electron chi connectivity index (χ0n) is 9.94. The minimum absolute atomic E-state index is 0.0694. The van der Waals surface area contributed by atoms with E-state index >= 15 is 0 Å². The summed E-state index contributed by atoms with van der Waals surface area (Å²) in [4.78, 5) is 12.6. The summed E-state index contributed by atoms with van der Waals surface area (Å²) in [7, 11) is 0. The molecule has 1 heterocycles. The van der Waals surface area contributed by atoms with Crippen LogP contribution in [-0.2, 0) is 0 Å². The van der Waals surface area contributed by atoms with Gasteiger partial charge < -0.3 is 0 Å². The molecule has 0 spiro atoms. The van der Waals surface area contributed by atoms with E-state index < -0.39 is 0 Å². The van der Waals surface area contributed by atoms with Crippen molar-refractivity contribution in [3.63, 3.8) is 0 Å². The molecule has 2 heteroatoms. The van der Waals surface area contributed by atoms with Gasteiger partial charge in [-0.1, -0.05) is 35.9 Å². The number of hydrogen-bond donors (Lipinski definition) is 0. The molecule has 0 saturated carbocycles. The smallest absolute Gasteiger partial charge is 0.195 e. The average Bonchev–Trinajstić information content (AvgIpc) is 2.81. The summed E-state index contributed by atoms with van der Waals surface area (Å²) in [6.07, 6.45) is 3.53. The van der Waals surface area contributed by atoms with Crippen molar-refractivity contribution in [3.05, 3.63) is 63.4 Å². The largest absolute Gasteiger partial charge is 0.288 e. The highest BCUT2D eigenvalue weighted by molar-refractivity contribution is 7.12. The van der Waals surface area contributed by atoms with Crippen LogP contribution < -0.4 is 0 Å². The van der Waals surface area contributed by atoms with Crippen molar-refractivity contribution in [1.82, 2.24) is 0 Å². The van der Waals surface area contributed by atoms with Crippen LogP contribution in [0.5, 0.6) is 0 Å². The van der Waals surface area contributed by atoms with Crippen LogP contribution in [0.15, 0.2) is 41.8 Å². The molecule has 0 atom stereocenters. The molecule has 0 saturated heterocycles. The predicted molar refractivity (Wildman–Crippen MR) is 73.6 cm³/mol. The first-order chi connectivity index (χ1) is 8.16. The number of carbonyl (C=O) groups is 1. The van der Waals surface area contributed by atoms with Gasteiger partial charge in [-0.3, -0.25) is 4.79 Å². The van der Waals surface area contributed by atoms with Gasteiger partial charge in [-0.2, -0.15) is 0 Å². The average molecular weight is 242 g/mol. The SMILES string of the molecule is Cc1ccc(/C=C/C(=O)c2cccs2)c(C)c1. The van der Waals surface area contributed by atoms with Crippen LogP contribution >= 0.6 is 11.3 Å². The molecule has 0 N–H and O–H groups in total. The van der Waals surface area contributed by atoms with E-state index in [0.717, 1.165) is 10.4 Å². The van der Waals surface area contributed by atoms with Crippen molar-refractivity contribution in [2.24, 2.45) is 0 Å². The minimum atomic E-state index is 0.0694. The summed E-state index contributed by atoms with van der Waals surface area (Å²) in [5, 5.41) is 1.91. The van der Waals surface area contributed by atoms with Crippen molar-refractivity contribution in [1.29, 1.82) is 0 Å². The van der Waals surface area contributed by atoms with Crippen molar-refractivity contribution in [2.45, 2.75) is 13.8 Å². The van der Waals surface area contributed by atoms with E-state index in [2.05, 4.69) is 26.0 Å². The van der Waals surface area contributed by atoms with Gasteiger partial charge in [0.15, 0.2) is 5.78 Å². The third-order valence-corrected chi connectivity index (χ3v) is 3.49. The quantitative estimate of drug-likeness (QED) is 0.580. The molecule has 1 nitrogen and oxygen atoms in total. The molecule has 0 aliphatic heterocycles. The van der Waals surface area contributed by atoms with Gasteiger partial charge in [-0.15, -0.1) is 11.3 Å². The maximum Gasteiger partial charge on any atom is 0.195 e. The molecule has 0 amide bonds. The predicted octanol–water partition coefficient (Wildman–Crippen LogP) is 4.26. The summed E-state index contributed by atoms with van der Waals surface area (Å²) in [5.41, 5.74) is 3.53. The van der Waals surface area contributed by atoms with E-state index in [9.17, 15) is 4.79 Å². The van der Waals surface area contributed by atoms with Gasteiger partial charge in [0.1, 0.15) is 0 Å². The number of ketones is 1. The Kier molecular flexibility index (Phi) is 3.55. The van der Waals surface area contributed by atoms with E-state index in [1.807, 2.05) is 29.7 Å². The Labute approximate surface area is 105 Å². The lowest BCUT2D eigenvalue weighted by Gasteiger charge is -2.01. The van der Waals surface area contributed by atoms with E-state index in [1.165, 1.54) is 22.5 Å². The van der Waals surface area contributed by atoms with Gasteiger partial charge in [0, 0.05) is 0 Å². The molecule has 0 aliphatic carbocycles. The number of allylic oxidation sites excluding steroid dienone is 1. The standard InChI is InChI=1S/C15H14OS/c1-11-5-6-13(12(2)10-11)7-8-14(16)15-4-3-9-17-15/h3-10H,1-2H3/b8-7+. The number of benzene rings is 1. The second-order valence-corrected chi connectivity index (χ2v) is 4.98. The first-order valence-corrected chi connectivity index (χ1v) is 6.38. The molecule has 0 bridgehead atoms. The lowest BCUT2D eigenvalue weighted by atomic mass is 10.1. The first-order valence-electron chi connectivity index (χ1n) is 5.50. The van der Waals surface area contributed by atoms with Gasteiger partial charge in [0.25, 0.3) is 0 Å². The molecule has 2 rings (SSSR count). The van der Waals surface area contributed by atoms with Gasteiger partial charge in [0.2, 0.25) is 0 Å². The van der Waals surface area contributed by atoms with Crippen molar-refractivity contribution in [3.8, 4) is 0 Å². The van der Waals surface area contributed by atoms with E-state index in [0.29, 0.717) is 0 Å². The minimum Gasteiger partial charge on any atom is -0.288 e. The Morgan fingerprint density at radius 2 is 2.06 bits per heavy atom. The summed E-state index contributed by atoms with van der Waals surface area (Å²) in [6, 6.07) is 9.96. The van der Waals surface area contributed by atoms with E-state index in [-0.39, 0.29) is 5.78 Å². The zero-order valence-corrected chi connectivity index (χ0v) is 10.8. The van der Waals surface area contributed by atoms with Crippen LogP contribution in [0.25, 0.3) is 6.08 Å². The van der Waals surface area contributed by atoms with Gasteiger partial charge in [0.05, 0.1) is 4.88 Å². The van der Waals surface area contributed by atoms with Gasteiger partial charge in [-0.05, 0) is 42.5 Å². The summed E-state index contributed by atoms with van der Waals surface area (Å²) in [6.45, 7) is 4.12. The second-order valence-electron chi connectivity index (χ2n) is 4.03. The molecule has 0 aliphatic rings. The van der Waals surface area contributed by atoms with Crippen LogP contribution in [-0.4, -0.2) is 5.78 Å². The lowest BCUT2D eigenvalue weighted by Crippen LogP contribution is -1.89. The molecule has 0 radical (unpaired) electrons. The van der Waals surface area contributed by atoms with Crippen LogP contribution in [0, 0.1) is 13.8 Å². The lowest BCUT2D eigenvalue weighted by molar-refractivity contribution is 0.105. The number of hydrogen-bond acceptors (Lipinski definition) is 2. The molecule has 2 aromatic rings. The van der Waals surface area contributed by atoms with Crippen LogP contribution in [0.2, 0.25) is 0 Å². The Balaban J connectivity index is 2.18. The molecule has 0 unspecified atom stereocenters. The first kappa shape index (κ1) is 11.8. The highest BCUT2D eigenvalue weighted by atomic mass is 32.1. The molecule has 1 aromatic carbocycles. The maximum absolute atomic E-state index is 11.8. The number of thiophene rings is 1.